The van der Waals surface area contributed by atoms with Crippen molar-refractivity contribution in [1.29, 1.82) is 0 Å². The van der Waals surface area contributed by atoms with E-state index in [0.29, 0.717) is 5.56 Å². The van der Waals surface area contributed by atoms with Gasteiger partial charge in [-0.1, -0.05) is 36.9 Å². The molecule has 0 saturated heterocycles. The molecule has 0 N–H and O–H groups in total. The van der Waals surface area contributed by atoms with E-state index in [2.05, 4.69) is 11.6 Å². The molecule has 0 radical (unpaired) electrons. The quantitative estimate of drug-likeness (QED) is 0.387. The molecule has 0 atom stereocenters. The average molecular weight is 173 g/mol. The molecule has 1 aromatic carbocycles. The Morgan fingerprint density at radius 1 is 1.31 bits per heavy atom. The molecule has 0 saturated carbocycles. The second-order valence-corrected chi connectivity index (χ2v) is 2.35. The average Bonchev–Trinajstić information content (AvgIpc) is 2.18. The van der Waals surface area contributed by atoms with Crippen molar-refractivity contribution in [2.24, 2.45) is 4.99 Å². The van der Waals surface area contributed by atoms with Gasteiger partial charge in [0.25, 0.3) is 5.91 Å². The van der Waals surface area contributed by atoms with Crippen LogP contribution in [-0.2, 0) is 9.59 Å². The lowest BCUT2D eigenvalue weighted by Gasteiger charge is -1.97. The molecule has 0 aliphatic rings. The van der Waals surface area contributed by atoms with Gasteiger partial charge in [0.05, 0.1) is 0 Å². The Labute approximate surface area is 75.4 Å². The molecule has 0 fully saturated rings. The van der Waals surface area contributed by atoms with Crippen molar-refractivity contribution in [1.82, 2.24) is 0 Å². The Hall–Kier alpha value is -1.99. The number of carbonyl (C=O) groups excluding carboxylic acids is 2. The highest BCUT2D eigenvalue weighted by Crippen LogP contribution is 2.12. The largest absolute Gasteiger partial charge is 0.287 e. The van der Waals surface area contributed by atoms with Crippen LogP contribution in [0.3, 0.4) is 0 Å². The summed E-state index contributed by atoms with van der Waals surface area (Å²) < 4.78 is 0. The first kappa shape index (κ1) is 9.10. The lowest BCUT2D eigenvalue weighted by molar-refractivity contribution is -0.112. The Morgan fingerprint density at radius 3 is 2.46 bits per heavy atom. The van der Waals surface area contributed by atoms with E-state index < -0.39 is 5.91 Å². The van der Waals surface area contributed by atoms with Crippen LogP contribution in [0.4, 0.5) is 0 Å². The summed E-state index contributed by atoms with van der Waals surface area (Å²) in [6.07, 6.45) is 1.18. The minimum Gasteiger partial charge on any atom is -0.266 e. The predicted molar refractivity (Wildman–Crippen MR) is 48.6 cm³/mol. The molecule has 0 aromatic heterocycles. The zero-order valence-electron chi connectivity index (χ0n) is 6.86. The van der Waals surface area contributed by atoms with E-state index in [1.807, 2.05) is 6.07 Å². The first-order valence-corrected chi connectivity index (χ1v) is 3.62. The van der Waals surface area contributed by atoms with Gasteiger partial charge in [0.15, 0.2) is 0 Å². The maximum atomic E-state index is 11.0. The van der Waals surface area contributed by atoms with Crippen molar-refractivity contribution >= 4 is 17.6 Å². The highest BCUT2D eigenvalue weighted by Gasteiger charge is 2.06. The maximum Gasteiger partial charge on any atom is 0.287 e. The van der Waals surface area contributed by atoms with E-state index in [1.165, 1.54) is 6.08 Å². The van der Waals surface area contributed by atoms with Crippen molar-refractivity contribution in [2.75, 3.05) is 0 Å². The van der Waals surface area contributed by atoms with Gasteiger partial charge in [-0.15, -0.1) is 4.99 Å². The molecule has 3 heteroatoms. The first-order chi connectivity index (χ1) is 6.25. The zero-order valence-corrected chi connectivity index (χ0v) is 6.86. The molecule has 1 aromatic rings. The fourth-order valence-electron chi connectivity index (χ4n) is 0.872. The minimum absolute atomic E-state index is 0.198. The van der Waals surface area contributed by atoms with Gasteiger partial charge in [0.1, 0.15) is 0 Å². The molecule has 0 bridgehead atoms. The summed E-state index contributed by atoms with van der Waals surface area (Å²) >= 11 is 0. The number of rotatable bonds is 2. The van der Waals surface area contributed by atoms with E-state index in [0.717, 1.165) is 0 Å². The van der Waals surface area contributed by atoms with Crippen LogP contribution in [0.15, 0.2) is 41.9 Å². The van der Waals surface area contributed by atoms with Crippen LogP contribution in [0.2, 0.25) is 0 Å². The molecular formula is C10H7NO2. The molecule has 0 heterocycles. The second-order valence-electron chi connectivity index (χ2n) is 2.35. The summed E-state index contributed by atoms with van der Waals surface area (Å²) in [6, 6.07) is 8.82. The third-order valence-electron chi connectivity index (χ3n) is 1.53. The molecule has 3 nitrogen and oxygen atoms in total. The molecular weight excluding hydrogens is 166 g/mol. The first-order valence-electron chi connectivity index (χ1n) is 3.62. The number of isocyanates is 1. The molecule has 0 aliphatic heterocycles. The Balaban J connectivity index is 2.92. The van der Waals surface area contributed by atoms with Crippen LogP contribution in [0.25, 0.3) is 5.57 Å². The fourth-order valence-corrected chi connectivity index (χ4v) is 0.872. The number of carbonyl (C=O) groups is 1. The Morgan fingerprint density at radius 2 is 1.92 bits per heavy atom. The molecule has 0 aliphatic carbocycles. The van der Waals surface area contributed by atoms with Crippen LogP contribution in [-0.4, -0.2) is 12.0 Å². The summed E-state index contributed by atoms with van der Waals surface area (Å²) in [5.74, 6) is -0.652. The number of amides is 1. The van der Waals surface area contributed by atoms with Crippen LogP contribution >= 0.6 is 0 Å². The number of nitrogens with zero attached hydrogens (tertiary/aromatic N) is 1. The Kier molecular flexibility index (Phi) is 2.90. The molecule has 13 heavy (non-hydrogen) atoms. The van der Waals surface area contributed by atoms with Crippen molar-refractivity contribution in [2.45, 2.75) is 0 Å². The van der Waals surface area contributed by atoms with Gasteiger partial charge in [0, 0.05) is 5.57 Å². The van der Waals surface area contributed by atoms with Gasteiger partial charge in [-0.3, -0.25) is 4.79 Å². The number of hydrogen-bond donors (Lipinski definition) is 0. The van der Waals surface area contributed by atoms with Gasteiger partial charge in [0.2, 0.25) is 6.08 Å². The summed E-state index contributed by atoms with van der Waals surface area (Å²) in [7, 11) is 0. The standard InChI is InChI=1S/C10H7NO2/c1-8(10(13)11-7-12)9-5-3-2-4-6-9/h2-6H,1H2. The third kappa shape index (κ3) is 2.22. The summed E-state index contributed by atoms with van der Waals surface area (Å²) in [6.45, 7) is 3.52. The van der Waals surface area contributed by atoms with Gasteiger partial charge in [-0.2, -0.15) is 0 Å². The smallest absolute Gasteiger partial charge is 0.266 e. The molecule has 0 unspecified atom stereocenters. The van der Waals surface area contributed by atoms with Crippen LogP contribution in [0.5, 0.6) is 0 Å². The summed E-state index contributed by atoms with van der Waals surface area (Å²) in [5, 5.41) is 0. The lowest BCUT2D eigenvalue weighted by atomic mass is 10.1. The van der Waals surface area contributed by atoms with Crippen LogP contribution < -0.4 is 0 Å². The normalized spacial score (nSPS) is 8.62. The monoisotopic (exact) mass is 173 g/mol. The van der Waals surface area contributed by atoms with Gasteiger partial charge < -0.3 is 0 Å². The highest BCUT2D eigenvalue weighted by molar-refractivity contribution is 6.20. The van der Waals surface area contributed by atoms with Gasteiger partial charge in [-0.05, 0) is 5.56 Å². The third-order valence-corrected chi connectivity index (χ3v) is 1.53. The molecule has 64 valence electrons. The summed E-state index contributed by atoms with van der Waals surface area (Å²) in [5.41, 5.74) is 0.857. The predicted octanol–water partition coefficient (Wildman–Crippen LogP) is 1.56. The lowest BCUT2D eigenvalue weighted by Crippen LogP contribution is -1.95. The van der Waals surface area contributed by atoms with Gasteiger partial charge in [-0.25, -0.2) is 4.79 Å². The SMILES string of the molecule is C=C(C(=O)N=C=O)c1ccccc1. The number of aliphatic imine (C=N–C) groups is 1. The van der Waals surface area contributed by atoms with Gasteiger partial charge >= 0.3 is 0 Å². The topological polar surface area (TPSA) is 46.5 Å². The van der Waals surface area contributed by atoms with E-state index in [1.54, 1.807) is 24.3 Å². The Bertz CT molecular complexity index is 375. The molecule has 0 spiro atoms. The van der Waals surface area contributed by atoms with E-state index in [-0.39, 0.29) is 5.57 Å². The number of benzene rings is 1. The van der Waals surface area contributed by atoms with Crippen molar-refractivity contribution in [3.8, 4) is 0 Å². The second kappa shape index (κ2) is 4.14. The fraction of sp³-hybridized carbons (Fsp3) is 0. The zero-order chi connectivity index (χ0) is 9.68. The van der Waals surface area contributed by atoms with Crippen molar-refractivity contribution < 1.29 is 9.59 Å². The van der Waals surface area contributed by atoms with Crippen molar-refractivity contribution in [3.63, 3.8) is 0 Å². The molecule has 1 amide bonds. The number of hydrogen-bond acceptors (Lipinski definition) is 2. The van der Waals surface area contributed by atoms with E-state index in [9.17, 15) is 9.59 Å². The maximum absolute atomic E-state index is 11.0. The summed E-state index contributed by atoms with van der Waals surface area (Å²) in [4.78, 5) is 23.8. The molecule has 1 rings (SSSR count). The van der Waals surface area contributed by atoms with E-state index in [4.69, 9.17) is 0 Å². The van der Waals surface area contributed by atoms with E-state index >= 15 is 0 Å². The van der Waals surface area contributed by atoms with Crippen molar-refractivity contribution in [3.05, 3.63) is 42.5 Å². The highest BCUT2D eigenvalue weighted by atomic mass is 16.2. The van der Waals surface area contributed by atoms with Crippen LogP contribution in [0.1, 0.15) is 5.56 Å². The minimum atomic E-state index is -0.652. The van der Waals surface area contributed by atoms with Crippen LogP contribution in [0, 0.1) is 0 Å².